The van der Waals surface area contributed by atoms with Crippen molar-refractivity contribution in [2.45, 2.75) is 19.4 Å². The van der Waals surface area contributed by atoms with Gasteiger partial charge in [-0.25, -0.2) is 4.98 Å². The van der Waals surface area contributed by atoms with Crippen LogP contribution in [-0.4, -0.2) is 35.0 Å². The predicted molar refractivity (Wildman–Crippen MR) is 60.9 cm³/mol. The van der Waals surface area contributed by atoms with E-state index in [4.69, 9.17) is 5.73 Å². The topological polar surface area (TPSA) is 84.1 Å². The van der Waals surface area contributed by atoms with Crippen LogP contribution in [0.1, 0.15) is 13.3 Å². The van der Waals surface area contributed by atoms with Crippen molar-refractivity contribution in [2.24, 2.45) is 0 Å². The molecule has 3 N–H and O–H groups in total. The molecule has 1 aliphatic heterocycles. The predicted octanol–water partition coefficient (Wildman–Crippen LogP) is -0.226. The summed E-state index contributed by atoms with van der Waals surface area (Å²) >= 11 is 0. The normalized spacial score (nSPS) is 20.7. The van der Waals surface area contributed by atoms with Crippen LogP contribution in [0.2, 0.25) is 0 Å². The standard InChI is InChI=1S/C10H15N5O/c1-2-7-9(16)12-5-6-15(7)10-13-4-3-8(11)14-10/h3-4,7H,2,5-6H2,1H3,(H,12,16)(H2,11,13,14). The summed E-state index contributed by atoms with van der Waals surface area (Å²) in [6.45, 7) is 3.30. The van der Waals surface area contributed by atoms with Gasteiger partial charge in [0, 0.05) is 19.3 Å². The van der Waals surface area contributed by atoms with Gasteiger partial charge in [0.2, 0.25) is 11.9 Å². The highest BCUT2D eigenvalue weighted by atomic mass is 16.2. The second-order valence-electron chi connectivity index (χ2n) is 3.69. The van der Waals surface area contributed by atoms with Crippen LogP contribution in [0, 0.1) is 0 Å². The third kappa shape index (κ3) is 1.91. The lowest BCUT2D eigenvalue weighted by Gasteiger charge is -2.34. The summed E-state index contributed by atoms with van der Waals surface area (Å²) in [5.74, 6) is 0.979. The maximum Gasteiger partial charge on any atom is 0.242 e. The number of aromatic nitrogens is 2. The van der Waals surface area contributed by atoms with Gasteiger partial charge in [0.05, 0.1) is 0 Å². The highest BCUT2D eigenvalue weighted by Gasteiger charge is 2.29. The van der Waals surface area contributed by atoms with Crippen LogP contribution in [0.3, 0.4) is 0 Å². The molecule has 1 unspecified atom stereocenters. The van der Waals surface area contributed by atoms with Gasteiger partial charge in [0.15, 0.2) is 0 Å². The summed E-state index contributed by atoms with van der Waals surface area (Å²) < 4.78 is 0. The van der Waals surface area contributed by atoms with Gasteiger partial charge in [0.1, 0.15) is 11.9 Å². The zero-order chi connectivity index (χ0) is 11.5. The zero-order valence-electron chi connectivity index (χ0n) is 9.18. The first-order chi connectivity index (χ1) is 7.72. The first-order valence-corrected chi connectivity index (χ1v) is 5.35. The summed E-state index contributed by atoms with van der Waals surface area (Å²) in [5.41, 5.74) is 5.61. The number of nitrogens with zero attached hydrogens (tertiary/aromatic N) is 3. The monoisotopic (exact) mass is 221 g/mol. The van der Waals surface area contributed by atoms with E-state index in [1.54, 1.807) is 12.3 Å². The first-order valence-electron chi connectivity index (χ1n) is 5.35. The number of nitrogens with two attached hydrogens (primary N) is 1. The Morgan fingerprint density at radius 3 is 3.19 bits per heavy atom. The molecule has 1 aromatic heterocycles. The van der Waals surface area contributed by atoms with E-state index in [2.05, 4.69) is 15.3 Å². The fourth-order valence-corrected chi connectivity index (χ4v) is 1.86. The summed E-state index contributed by atoms with van der Waals surface area (Å²) in [6.07, 6.45) is 2.33. The lowest BCUT2D eigenvalue weighted by molar-refractivity contribution is -0.123. The molecule has 0 aliphatic carbocycles. The Balaban J connectivity index is 2.27. The molecule has 1 atom stereocenters. The molecule has 1 aliphatic rings. The Kier molecular flexibility index (Phi) is 2.89. The molecule has 86 valence electrons. The molecule has 0 radical (unpaired) electrons. The van der Waals surface area contributed by atoms with E-state index in [1.807, 2.05) is 11.8 Å². The van der Waals surface area contributed by atoms with Gasteiger partial charge in [-0.15, -0.1) is 0 Å². The molecule has 2 heterocycles. The number of carbonyl (C=O) groups is 1. The number of piperazine rings is 1. The zero-order valence-corrected chi connectivity index (χ0v) is 9.18. The number of anilines is 2. The van der Waals surface area contributed by atoms with Gasteiger partial charge in [-0.3, -0.25) is 4.79 Å². The second kappa shape index (κ2) is 4.34. The van der Waals surface area contributed by atoms with Crippen LogP contribution in [0.5, 0.6) is 0 Å². The third-order valence-electron chi connectivity index (χ3n) is 2.64. The molecule has 6 heteroatoms. The summed E-state index contributed by atoms with van der Waals surface area (Å²) in [7, 11) is 0. The van der Waals surface area contributed by atoms with Gasteiger partial charge in [-0.05, 0) is 12.5 Å². The summed E-state index contributed by atoms with van der Waals surface area (Å²) in [6, 6.07) is 1.43. The number of nitrogen functional groups attached to an aromatic ring is 1. The second-order valence-corrected chi connectivity index (χ2v) is 3.69. The van der Waals surface area contributed by atoms with Crippen LogP contribution >= 0.6 is 0 Å². The summed E-state index contributed by atoms with van der Waals surface area (Å²) in [5, 5.41) is 2.83. The molecule has 0 saturated carbocycles. The van der Waals surface area contributed by atoms with Crippen molar-refractivity contribution in [2.75, 3.05) is 23.7 Å². The van der Waals surface area contributed by atoms with Crippen molar-refractivity contribution in [3.63, 3.8) is 0 Å². The van der Waals surface area contributed by atoms with Crippen LogP contribution in [0.25, 0.3) is 0 Å². The van der Waals surface area contributed by atoms with Crippen molar-refractivity contribution in [3.05, 3.63) is 12.3 Å². The molecular formula is C10H15N5O. The molecule has 1 amide bonds. The summed E-state index contributed by atoms with van der Waals surface area (Å²) in [4.78, 5) is 21.8. The van der Waals surface area contributed by atoms with Crippen LogP contribution in [-0.2, 0) is 4.79 Å². The Labute approximate surface area is 93.9 Å². The Morgan fingerprint density at radius 1 is 1.69 bits per heavy atom. The minimum Gasteiger partial charge on any atom is -0.384 e. The fraction of sp³-hybridized carbons (Fsp3) is 0.500. The lowest BCUT2D eigenvalue weighted by atomic mass is 10.1. The van der Waals surface area contributed by atoms with Crippen LogP contribution in [0.15, 0.2) is 12.3 Å². The van der Waals surface area contributed by atoms with Crippen molar-refractivity contribution < 1.29 is 4.79 Å². The minimum absolute atomic E-state index is 0.0276. The molecular weight excluding hydrogens is 206 g/mol. The van der Waals surface area contributed by atoms with E-state index in [0.29, 0.717) is 24.9 Å². The maximum atomic E-state index is 11.7. The van der Waals surface area contributed by atoms with Crippen LogP contribution < -0.4 is 16.0 Å². The maximum absolute atomic E-state index is 11.7. The average Bonchev–Trinajstić information content (AvgIpc) is 2.28. The highest BCUT2D eigenvalue weighted by molar-refractivity contribution is 5.85. The van der Waals surface area contributed by atoms with E-state index in [1.165, 1.54) is 0 Å². The molecule has 2 rings (SSSR count). The highest BCUT2D eigenvalue weighted by Crippen LogP contribution is 2.16. The van der Waals surface area contributed by atoms with Gasteiger partial charge < -0.3 is 16.0 Å². The Morgan fingerprint density at radius 2 is 2.50 bits per heavy atom. The number of nitrogens with one attached hydrogen (secondary N) is 1. The molecule has 0 spiro atoms. The molecule has 1 fully saturated rings. The average molecular weight is 221 g/mol. The van der Waals surface area contributed by atoms with Gasteiger partial charge in [-0.2, -0.15) is 4.98 Å². The van der Waals surface area contributed by atoms with Gasteiger partial charge in [0.25, 0.3) is 0 Å². The smallest absolute Gasteiger partial charge is 0.242 e. The van der Waals surface area contributed by atoms with Crippen molar-refractivity contribution >= 4 is 17.7 Å². The lowest BCUT2D eigenvalue weighted by Crippen LogP contribution is -2.55. The quantitative estimate of drug-likeness (QED) is 0.721. The number of hydrogen-bond acceptors (Lipinski definition) is 5. The SMILES string of the molecule is CCC1C(=O)NCCN1c1nccc(N)n1. The van der Waals surface area contributed by atoms with Crippen LogP contribution in [0.4, 0.5) is 11.8 Å². The Bertz CT molecular complexity index is 395. The molecule has 0 aromatic carbocycles. The van der Waals surface area contributed by atoms with Gasteiger partial charge in [-0.1, -0.05) is 6.92 Å². The van der Waals surface area contributed by atoms with E-state index in [0.717, 1.165) is 6.42 Å². The van der Waals surface area contributed by atoms with Crippen molar-refractivity contribution in [1.82, 2.24) is 15.3 Å². The molecule has 1 aromatic rings. The van der Waals surface area contributed by atoms with Gasteiger partial charge >= 0.3 is 0 Å². The fourth-order valence-electron chi connectivity index (χ4n) is 1.86. The molecule has 0 bridgehead atoms. The third-order valence-corrected chi connectivity index (χ3v) is 2.64. The van der Waals surface area contributed by atoms with E-state index < -0.39 is 0 Å². The molecule has 1 saturated heterocycles. The number of hydrogen-bond donors (Lipinski definition) is 2. The molecule has 6 nitrogen and oxygen atoms in total. The number of amides is 1. The van der Waals surface area contributed by atoms with E-state index in [-0.39, 0.29) is 11.9 Å². The van der Waals surface area contributed by atoms with Crippen molar-refractivity contribution in [1.29, 1.82) is 0 Å². The van der Waals surface area contributed by atoms with E-state index in [9.17, 15) is 4.79 Å². The minimum atomic E-state index is -0.199. The van der Waals surface area contributed by atoms with Crippen molar-refractivity contribution in [3.8, 4) is 0 Å². The number of carbonyl (C=O) groups excluding carboxylic acids is 1. The number of rotatable bonds is 2. The first kappa shape index (κ1) is 10.7. The molecule has 16 heavy (non-hydrogen) atoms. The van der Waals surface area contributed by atoms with E-state index >= 15 is 0 Å². The largest absolute Gasteiger partial charge is 0.384 e. The Hall–Kier alpha value is -1.85.